The number of rotatable bonds is 3. The first-order chi connectivity index (χ1) is 6.42. The van der Waals surface area contributed by atoms with E-state index in [1.54, 1.807) is 0 Å². The third-order valence-corrected chi connectivity index (χ3v) is 3.40. The van der Waals surface area contributed by atoms with Crippen LogP contribution in [0.25, 0.3) is 0 Å². The molecule has 2 aliphatic heterocycles. The zero-order chi connectivity index (χ0) is 9.10. The molecule has 1 atom stereocenters. The number of hydrogen-bond acceptors (Lipinski definition) is 3. The number of likely N-dealkylation sites (tertiary alicyclic amines) is 1. The van der Waals surface area contributed by atoms with E-state index in [0.717, 1.165) is 18.6 Å². The summed E-state index contributed by atoms with van der Waals surface area (Å²) in [7, 11) is 0. The number of nitrogens with one attached hydrogen (secondary N) is 1. The van der Waals surface area contributed by atoms with Crippen molar-refractivity contribution in [2.45, 2.75) is 37.8 Å². The van der Waals surface area contributed by atoms with Gasteiger partial charge in [0.1, 0.15) is 0 Å². The van der Waals surface area contributed by atoms with E-state index in [-0.39, 0.29) is 12.4 Å². The Morgan fingerprint density at radius 1 is 1.29 bits per heavy atom. The topological polar surface area (TPSA) is 41.3 Å². The Kier molecular flexibility index (Phi) is 5.17. The van der Waals surface area contributed by atoms with Gasteiger partial charge in [-0.15, -0.1) is 12.4 Å². The third-order valence-electron chi connectivity index (χ3n) is 3.40. The van der Waals surface area contributed by atoms with Crippen LogP contribution in [-0.4, -0.2) is 43.2 Å². The number of halogens is 1. The zero-order valence-electron chi connectivity index (χ0n) is 8.74. The fourth-order valence-corrected chi connectivity index (χ4v) is 2.51. The quantitative estimate of drug-likeness (QED) is 0.730. The molecule has 2 saturated heterocycles. The molecule has 2 aliphatic rings. The fraction of sp³-hybridized carbons (Fsp3) is 1.00. The first kappa shape index (κ1) is 12.2. The Balaban J connectivity index is 0.000000980. The molecule has 3 N–H and O–H groups in total. The molecule has 0 aromatic heterocycles. The summed E-state index contributed by atoms with van der Waals surface area (Å²) in [5, 5.41) is 3.35. The minimum atomic E-state index is 0. The summed E-state index contributed by atoms with van der Waals surface area (Å²) in [5.41, 5.74) is 5.64. The highest BCUT2D eigenvalue weighted by atomic mass is 35.5. The Hall–Kier alpha value is 0.170. The fourth-order valence-electron chi connectivity index (χ4n) is 2.51. The van der Waals surface area contributed by atoms with Gasteiger partial charge in [0, 0.05) is 25.2 Å². The van der Waals surface area contributed by atoms with Crippen molar-refractivity contribution in [2.24, 2.45) is 5.73 Å². The Labute approximate surface area is 92.8 Å². The normalized spacial score (nSPS) is 29.4. The summed E-state index contributed by atoms with van der Waals surface area (Å²) in [6, 6.07) is 1.60. The zero-order valence-corrected chi connectivity index (χ0v) is 9.56. The van der Waals surface area contributed by atoms with Crippen LogP contribution in [0, 0.1) is 0 Å². The van der Waals surface area contributed by atoms with E-state index in [9.17, 15) is 0 Å². The van der Waals surface area contributed by atoms with Crippen LogP contribution in [0.1, 0.15) is 25.7 Å². The maximum atomic E-state index is 5.64. The van der Waals surface area contributed by atoms with Gasteiger partial charge in [-0.25, -0.2) is 0 Å². The summed E-state index contributed by atoms with van der Waals surface area (Å²) >= 11 is 0. The van der Waals surface area contributed by atoms with Crippen LogP contribution in [0.3, 0.4) is 0 Å². The average molecular weight is 220 g/mol. The van der Waals surface area contributed by atoms with Gasteiger partial charge in [0.25, 0.3) is 0 Å². The van der Waals surface area contributed by atoms with Gasteiger partial charge in [-0.1, -0.05) is 6.42 Å². The lowest BCUT2D eigenvalue weighted by Gasteiger charge is -2.45. The van der Waals surface area contributed by atoms with Crippen molar-refractivity contribution in [2.75, 3.05) is 26.2 Å². The second-order valence-corrected chi connectivity index (χ2v) is 4.28. The highest BCUT2D eigenvalue weighted by Crippen LogP contribution is 2.22. The van der Waals surface area contributed by atoms with E-state index in [2.05, 4.69) is 10.2 Å². The molecule has 0 radical (unpaired) electrons. The van der Waals surface area contributed by atoms with Crippen molar-refractivity contribution in [3.8, 4) is 0 Å². The molecule has 3 nitrogen and oxygen atoms in total. The molecule has 0 saturated carbocycles. The van der Waals surface area contributed by atoms with E-state index >= 15 is 0 Å². The molecule has 0 bridgehead atoms. The maximum Gasteiger partial charge on any atom is 0.0348 e. The second-order valence-electron chi connectivity index (χ2n) is 4.28. The third kappa shape index (κ3) is 2.60. The minimum Gasteiger partial charge on any atom is -0.330 e. The van der Waals surface area contributed by atoms with Gasteiger partial charge < -0.3 is 11.1 Å². The van der Waals surface area contributed by atoms with Crippen LogP contribution in [0.15, 0.2) is 0 Å². The monoisotopic (exact) mass is 219 g/mol. The van der Waals surface area contributed by atoms with Gasteiger partial charge in [0.05, 0.1) is 0 Å². The number of nitrogens with two attached hydrogens (primary N) is 1. The molecule has 14 heavy (non-hydrogen) atoms. The molecule has 0 aromatic carbocycles. The van der Waals surface area contributed by atoms with Crippen molar-refractivity contribution >= 4 is 12.4 Å². The standard InChI is InChI=1S/C10H21N3.ClH/c11-5-4-9-3-1-2-6-13(9)10-7-12-8-10;/h9-10,12H,1-8,11H2;1H. The summed E-state index contributed by atoms with van der Waals surface area (Å²) in [4.78, 5) is 2.69. The molecule has 0 amide bonds. The van der Waals surface area contributed by atoms with Crippen LogP contribution < -0.4 is 11.1 Å². The van der Waals surface area contributed by atoms with Gasteiger partial charge in [0.2, 0.25) is 0 Å². The van der Waals surface area contributed by atoms with Gasteiger partial charge in [-0.2, -0.15) is 0 Å². The largest absolute Gasteiger partial charge is 0.330 e. The van der Waals surface area contributed by atoms with Gasteiger partial charge in [-0.05, 0) is 32.4 Å². The number of nitrogens with zero attached hydrogens (tertiary/aromatic N) is 1. The van der Waals surface area contributed by atoms with E-state index in [4.69, 9.17) is 5.73 Å². The summed E-state index contributed by atoms with van der Waals surface area (Å²) in [5.74, 6) is 0. The van der Waals surface area contributed by atoms with E-state index in [1.165, 1.54) is 45.3 Å². The Bertz CT molecular complexity index is 159. The lowest BCUT2D eigenvalue weighted by atomic mass is 9.95. The highest BCUT2D eigenvalue weighted by Gasteiger charge is 2.31. The summed E-state index contributed by atoms with van der Waals surface area (Å²) in [6.45, 7) is 4.54. The molecule has 4 heteroatoms. The highest BCUT2D eigenvalue weighted by molar-refractivity contribution is 5.85. The smallest absolute Gasteiger partial charge is 0.0348 e. The van der Waals surface area contributed by atoms with E-state index in [0.29, 0.717) is 0 Å². The van der Waals surface area contributed by atoms with Crippen molar-refractivity contribution in [3.05, 3.63) is 0 Å². The lowest BCUT2D eigenvalue weighted by Crippen LogP contribution is -2.61. The Morgan fingerprint density at radius 3 is 2.64 bits per heavy atom. The first-order valence-electron chi connectivity index (χ1n) is 5.58. The van der Waals surface area contributed by atoms with Crippen molar-refractivity contribution in [1.82, 2.24) is 10.2 Å². The molecule has 0 spiro atoms. The van der Waals surface area contributed by atoms with Crippen molar-refractivity contribution in [1.29, 1.82) is 0 Å². The molecule has 1 unspecified atom stereocenters. The average Bonchev–Trinajstić information content (AvgIpc) is 2.05. The minimum absolute atomic E-state index is 0. The lowest BCUT2D eigenvalue weighted by molar-refractivity contribution is 0.0618. The van der Waals surface area contributed by atoms with E-state index in [1.807, 2.05) is 0 Å². The van der Waals surface area contributed by atoms with Crippen molar-refractivity contribution in [3.63, 3.8) is 0 Å². The Morgan fingerprint density at radius 2 is 2.07 bits per heavy atom. The van der Waals surface area contributed by atoms with Crippen LogP contribution in [0.2, 0.25) is 0 Å². The molecule has 2 fully saturated rings. The van der Waals surface area contributed by atoms with Crippen LogP contribution in [0.4, 0.5) is 0 Å². The predicted octanol–water partition coefficient (Wildman–Crippen LogP) is 0.583. The summed E-state index contributed by atoms with van der Waals surface area (Å²) in [6.07, 6.45) is 5.35. The molecule has 0 aliphatic carbocycles. The van der Waals surface area contributed by atoms with E-state index < -0.39 is 0 Å². The first-order valence-corrected chi connectivity index (χ1v) is 5.58. The van der Waals surface area contributed by atoms with Crippen LogP contribution >= 0.6 is 12.4 Å². The van der Waals surface area contributed by atoms with Crippen LogP contribution in [-0.2, 0) is 0 Å². The number of hydrogen-bond donors (Lipinski definition) is 2. The molecule has 2 rings (SSSR count). The molecule has 2 heterocycles. The van der Waals surface area contributed by atoms with Crippen molar-refractivity contribution < 1.29 is 0 Å². The van der Waals surface area contributed by atoms with Crippen LogP contribution in [0.5, 0.6) is 0 Å². The number of piperidine rings is 1. The predicted molar refractivity (Wildman–Crippen MR) is 61.9 cm³/mol. The van der Waals surface area contributed by atoms with Gasteiger partial charge in [-0.3, -0.25) is 4.90 Å². The molecular formula is C10H22ClN3. The molecule has 84 valence electrons. The van der Waals surface area contributed by atoms with Gasteiger partial charge in [0.15, 0.2) is 0 Å². The summed E-state index contributed by atoms with van der Waals surface area (Å²) < 4.78 is 0. The van der Waals surface area contributed by atoms with Gasteiger partial charge >= 0.3 is 0 Å². The second kappa shape index (κ2) is 5.91. The SMILES string of the molecule is Cl.NCCC1CCCCN1C1CNC1. The molecular weight excluding hydrogens is 198 g/mol. The maximum absolute atomic E-state index is 5.64. The molecule has 0 aromatic rings.